The Morgan fingerprint density at radius 1 is 1.60 bits per heavy atom. The summed E-state index contributed by atoms with van der Waals surface area (Å²) in [4.78, 5) is 12.1. The second-order valence-electron chi connectivity index (χ2n) is 4.34. The van der Waals surface area contributed by atoms with Crippen molar-refractivity contribution in [3.05, 3.63) is 0 Å². The number of hydrogen-bond donors (Lipinski definition) is 1. The van der Waals surface area contributed by atoms with Crippen molar-refractivity contribution in [3.63, 3.8) is 0 Å². The van der Waals surface area contributed by atoms with Crippen molar-refractivity contribution in [2.75, 3.05) is 6.54 Å². The van der Waals surface area contributed by atoms with E-state index in [9.17, 15) is 4.79 Å². The molecule has 0 saturated carbocycles. The number of nitrogens with one attached hydrogen (secondary N) is 1. The first-order valence-electron chi connectivity index (χ1n) is 5.97. The Balaban J connectivity index is 2.49. The number of unbranched alkanes of at least 4 members (excludes halogenated alkanes) is 1. The molecule has 2 heteroatoms. The second-order valence-corrected chi connectivity index (χ2v) is 4.34. The van der Waals surface area contributed by atoms with Gasteiger partial charge >= 0.3 is 0 Å². The van der Waals surface area contributed by atoms with E-state index in [4.69, 9.17) is 6.42 Å². The van der Waals surface area contributed by atoms with Crippen LogP contribution >= 0.6 is 0 Å². The fourth-order valence-electron chi connectivity index (χ4n) is 2.41. The van der Waals surface area contributed by atoms with Crippen LogP contribution in [-0.2, 0) is 4.79 Å². The number of ketones is 1. The van der Waals surface area contributed by atoms with Crippen LogP contribution in [0.25, 0.3) is 0 Å². The van der Waals surface area contributed by atoms with E-state index in [1.165, 1.54) is 0 Å². The van der Waals surface area contributed by atoms with E-state index < -0.39 is 0 Å². The highest BCUT2D eigenvalue weighted by molar-refractivity contribution is 5.88. The van der Waals surface area contributed by atoms with Gasteiger partial charge in [-0.3, -0.25) is 4.79 Å². The smallest absolute Gasteiger partial charge is 0.152 e. The number of Topliss-reactive ketones (excluding diaryl/α,β-unsaturated/α-hetero) is 1. The summed E-state index contributed by atoms with van der Waals surface area (Å²) in [6, 6.07) is 0. The molecular formula is C13H21NO. The molecule has 0 radical (unpaired) electrons. The summed E-state index contributed by atoms with van der Waals surface area (Å²) in [5.74, 6) is 2.96. The van der Waals surface area contributed by atoms with Crippen LogP contribution in [0, 0.1) is 12.3 Å². The van der Waals surface area contributed by atoms with Gasteiger partial charge in [-0.25, -0.2) is 0 Å². The third kappa shape index (κ3) is 3.07. The van der Waals surface area contributed by atoms with Gasteiger partial charge in [0.15, 0.2) is 5.78 Å². The fraction of sp³-hybridized carbons (Fsp3) is 0.769. The number of carbonyl (C=O) groups excluding carboxylic acids is 1. The summed E-state index contributed by atoms with van der Waals surface area (Å²) >= 11 is 0. The Kier molecular flexibility index (Phi) is 4.84. The molecule has 0 aromatic rings. The minimum Gasteiger partial charge on any atom is -0.305 e. The fourth-order valence-corrected chi connectivity index (χ4v) is 2.41. The third-order valence-electron chi connectivity index (χ3n) is 3.18. The molecule has 1 N–H and O–H groups in total. The highest BCUT2D eigenvalue weighted by Crippen LogP contribution is 2.27. The third-order valence-corrected chi connectivity index (χ3v) is 3.18. The first kappa shape index (κ1) is 12.3. The Morgan fingerprint density at radius 3 is 2.93 bits per heavy atom. The van der Waals surface area contributed by atoms with Crippen molar-refractivity contribution in [3.8, 4) is 12.3 Å². The van der Waals surface area contributed by atoms with Crippen LogP contribution in [0.15, 0.2) is 0 Å². The van der Waals surface area contributed by atoms with Crippen molar-refractivity contribution >= 4 is 5.78 Å². The zero-order chi connectivity index (χ0) is 11.1. The average molecular weight is 207 g/mol. The number of terminal acetylenes is 1. The maximum atomic E-state index is 12.1. The van der Waals surface area contributed by atoms with Gasteiger partial charge in [0.2, 0.25) is 0 Å². The molecule has 2 nitrogen and oxygen atoms in total. The van der Waals surface area contributed by atoms with Crippen molar-refractivity contribution in [2.24, 2.45) is 0 Å². The van der Waals surface area contributed by atoms with E-state index in [-0.39, 0.29) is 5.54 Å². The van der Waals surface area contributed by atoms with Crippen molar-refractivity contribution in [2.45, 2.75) is 57.4 Å². The standard InChI is InChI=1S/C13H21NO/c1-3-5-6-8-12(15)13(9-4-2)10-7-11-14-13/h1,14H,4-11H2,2H3. The van der Waals surface area contributed by atoms with Crippen molar-refractivity contribution < 1.29 is 4.79 Å². The predicted molar refractivity (Wildman–Crippen MR) is 62.6 cm³/mol. The summed E-state index contributed by atoms with van der Waals surface area (Å²) in [5.41, 5.74) is -0.205. The van der Waals surface area contributed by atoms with Gasteiger partial charge in [0.1, 0.15) is 0 Å². The Morgan fingerprint density at radius 2 is 2.40 bits per heavy atom. The first-order valence-corrected chi connectivity index (χ1v) is 5.97. The maximum absolute atomic E-state index is 12.1. The summed E-state index contributed by atoms with van der Waals surface area (Å²) in [5, 5.41) is 3.40. The molecule has 1 heterocycles. The SMILES string of the molecule is C#CCCCC(=O)C1(CCC)CCCN1. The average Bonchev–Trinajstić information content (AvgIpc) is 2.68. The summed E-state index contributed by atoms with van der Waals surface area (Å²) in [6.07, 6.45) is 11.5. The van der Waals surface area contributed by atoms with Gasteiger partial charge < -0.3 is 5.32 Å². The quantitative estimate of drug-likeness (QED) is 0.535. The Bertz CT molecular complexity index is 246. The lowest BCUT2D eigenvalue weighted by atomic mass is 9.85. The van der Waals surface area contributed by atoms with Gasteiger partial charge in [-0.1, -0.05) is 13.3 Å². The largest absolute Gasteiger partial charge is 0.305 e. The van der Waals surface area contributed by atoms with Crippen LogP contribution in [-0.4, -0.2) is 17.9 Å². The van der Waals surface area contributed by atoms with Crippen molar-refractivity contribution in [1.29, 1.82) is 0 Å². The summed E-state index contributed by atoms with van der Waals surface area (Å²) in [6.45, 7) is 3.12. The van der Waals surface area contributed by atoms with Gasteiger partial charge in [-0.15, -0.1) is 12.3 Å². The van der Waals surface area contributed by atoms with E-state index in [0.29, 0.717) is 18.6 Å². The molecule has 1 saturated heterocycles. The van der Waals surface area contributed by atoms with Crippen LogP contribution in [0.3, 0.4) is 0 Å². The predicted octanol–water partition coefficient (Wildman–Crippen LogP) is 2.28. The number of carbonyl (C=O) groups is 1. The normalized spacial score (nSPS) is 25.1. The molecule has 1 fully saturated rings. The zero-order valence-electron chi connectivity index (χ0n) is 9.64. The highest BCUT2D eigenvalue weighted by atomic mass is 16.1. The van der Waals surface area contributed by atoms with Gasteiger partial charge in [0.25, 0.3) is 0 Å². The topological polar surface area (TPSA) is 29.1 Å². The lowest BCUT2D eigenvalue weighted by Crippen LogP contribution is -2.47. The van der Waals surface area contributed by atoms with Gasteiger partial charge in [0, 0.05) is 12.8 Å². The molecular weight excluding hydrogens is 186 g/mol. The molecule has 0 aliphatic carbocycles. The van der Waals surface area contributed by atoms with Crippen LogP contribution in [0.4, 0.5) is 0 Å². The van der Waals surface area contributed by atoms with E-state index in [0.717, 1.165) is 38.6 Å². The van der Waals surface area contributed by atoms with Crippen molar-refractivity contribution in [1.82, 2.24) is 5.32 Å². The molecule has 0 spiro atoms. The Hall–Kier alpha value is -0.810. The summed E-state index contributed by atoms with van der Waals surface area (Å²) < 4.78 is 0. The van der Waals surface area contributed by atoms with Gasteiger partial charge in [-0.05, 0) is 32.2 Å². The number of rotatable bonds is 6. The Labute approximate surface area is 92.8 Å². The minimum absolute atomic E-state index is 0.205. The molecule has 0 aromatic carbocycles. The lowest BCUT2D eigenvalue weighted by molar-refractivity contribution is -0.125. The zero-order valence-corrected chi connectivity index (χ0v) is 9.64. The lowest BCUT2D eigenvalue weighted by Gasteiger charge is -2.27. The van der Waals surface area contributed by atoms with Crippen LogP contribution in [0.2, 0.25) is 0 Å². The van der Waals surface area contributed by atoms with Crippen LogP contribution < -0.4 is 5.32 Å². The molecule has 1 unspecified atom stereocenters. The van der Waals surface area contributed by atoms with E-state index in [1.54, 1.807) is 0 Å². The molecule has 0 bridgehead atoms. The monoisotopic (exact) mass is 207 g/mol. The number of hydrogen-bond acceptors (Lipinski definition) is 2. The molecule has 1 aliphatic heterocycles. The van der Waals surface area contributed by atoms with Crippen LogP contribution in [0.5, 0.6) is 0 Å². The molecule has 1 rings (SSSR count). The summed E-state index contributed by atoms with van der Waals surface area (Å²) in [7, 11) is 0. The molecule has 0 amide bonds. The maximum Gasteiger partial charge on any atom is 0.152 e. The molecule has 84 valence electrons. The highest BCUT2D eigenvalue weighted by Gasteiger charge is 2.38. The molecule has 0 aromatic heterocycles. The van der Waals surface area contributed by atoms with Gasteiger partial charge in [-0.2, -0.15) is 0 Å². The van der Waals surface area contributed by atoms with Crippen LogP contribution in [0.1, 0.15) is 51.9 Å². The molecule has 1 atom stereocenters. The first-order chi connectivity index (χ1) is 7.25. The van der Waals surface area contributed by atoms with E-state index in [1.807, 2.05) is 0 Å². The minimum atomic E-state index is -0.205. The molecule has 15 heavy (non-hydrogen) atoms. The second kappa shape index (κ2) is 5.92. The van der Waals surface area contributed by atoms with E-state index in [2.05, 4.69) is 18.2 Å². The van der Waals surface area contributed by atoms with Gasteiger partial charge in [0.05, 0.1) is 5.54 Å². The van der Waals surface area contributed by atoms with E-state index >= 15 is 0 Å². The molecule has 1 aliphatic rings.